The van der Waals surface area contributed by atoms with Crippen LogP contribution in [0.15, 0.2) is 42.6 Å². The zero-order valence-electron chi connectivity index (χ0n) is 14.0. The summed E-state index contributed by atoms with van der Waals surface area (Å²) in [5.41, 5.74) is -2.50. The second-order valence-corrected chi connectivity index (χ2v) is 5.81. The molecule has 10 heteroatoms. The van der Waals surface area contributed by atoms with Gasteiger partial charge in [-0.2, -0.15) is 13.2 Å². The Kier molecular flexibility index (Phi) is 6.37. The number of nitrogens with one attached hydrogen (secondary N) is 2. The minimum Gasteiger partial charge on any atom is -0.394 e. The summed E-state index contributed by atoms with van der Waals surface area (Å²) in [4.78, 5) is 16.4. The van der Waals surface area contributed by atoms with Crippen LogP contribution in [0.4, 0.5) is 24.7 Å². The molecule has 0 unspecified atom stereocenters. The number of aromatic nitrogens is 1. The molecule has 5 N–H and O–H groups in total. The fourth-order valence-corrected chi connectivity index (χ4v) is 2.17. The minimum atomic E-state index is -4.52. The fraction of sp³-hybridized carbons (Fsp3) is 0.294. The van der Waals surface area contributed by atoms with Crippen LogP contribution in [-0.2, 0) is 6.18 Å². The molecule has 2 aromatic rings. The van der Waals surface area contributed by atoms with Crippen LogP contribution in [0.3, 0.4) is 0 Å². The average Bonchev–Trinajstić information content (AvgIpc) is 2.66. The molecule has 27 heavy (non-hydrogen) atoms. The molecule has 0 radical (unpaired) electrons. The van der Waals surface area contributed by atoms with Gasteiger partial charge in [0.15, 0.2) is 0 Å². The number of pyridine rings is 1. The first-order valence-corrected chi connectivity index (χ1v) is 7.79. The first-order chi connectivity index (χ1) is 12.7. The maximum absolute atomic E-state index is 12.8. The molecule has 7 nitrogen and oxygen atoms in total. The van der Waals surface area contributed by atoms with Gasteiger partial charge in [-0.15, -0.1) is 0 Å². The van der Waals surface area contributed by atoms with Crippen molar-refractivity contribution >= 4 is 17.4 Å². The molecule has 1 aromatic heterocycles. The van der Waals surface area contributed by atoms with Gasteiger partial charge in [0.05, 0.1) is 30.9 Å². The lowest BCUT2D eigenvalue weighted by molar-refractivity contribution is -0.137. The second-order valence-electron chi connectivity index (χ2n) is 5.81. The third-order valence-electron chi connectivity index (χ3n) is 3.79. The Morgan fingerprint density at radius 3 is 2.30 bits per heavy atom. The number of aliphatic hydroxyl groups is 3. The summed E-state index contributed by atoms with van der Waals surface area (Å²) in [6.07, 6.45) is -3.19. The van der Waals surface area contributed by atoms with E-state index in [-0.39, 0.29) is 17.1 Å². The van der Waals surface area contributed by atoms with Gasteiger partial charge in [-0.1, -0.05) is 6.07 Å². The summed E-state index contributed by atoms with van der Waals surface area (Å²) in [6.45, 7) is -2.16. The van der Waals surface area contributed by atoms with Gasteiger partial charge in [-0.05, 0) is 30.3 Å². The van der Waals surface area contributed by atoms with Crippen molar-refractivity contribution in [3.63, 3.8) is 0 Å². The van der Waals surface area contributed by atoms with Crippen LogP contribution in [-0.4, -0.2) is 51.6 Å². The molecule has 0 aliphatic rings. The highest BCUT2D eigenvalue weighted by atomic mass is 19.4. The summed E-state index contributed by atoms with van der Waals surface area (Å²) in [5, 5.41) is 32.9. The van der Waals surface area contributed by atoms with Gasteiger partial charge in [0.25, 0.3) is 5.91 Å². The smallest absolute Gasteiger partial charge is 0.394 e. The van der Waals surface area contributed by atoms with Crippen molar-refractivity contribution in [3.05, 3.63) is 53.7 Å². The van der Waals surface area contributed by atoms with E-state index in [1.165, 1.54) is 30.5 Å². The quantitative estimate of drug-likeness (QED) is 0.491. The maximum atomic E-state index is 12.8. The molecular weight excluding hydrogens is 367 g/mol. The Balaban J connectivity index is 2.30. The van der Waals surface area contributed by atoms with Gasteiger partial charge in [0.1, 0.15) is 11.4 Å². The summed E-state index contributed by atoms with van der Waals surface area (Å²) < 4.78 is 38.5. The number of amides is 1. The predicted octanol–water partition coefficient (Wildman–Crippen LogP) is 1.29. The highest BCUT2D eigenvalue weighted by Crippen LogP contribution is 2.31. The Labute approximate surface area is 152 Å². The molecule has 0 bridgehead atoms. The van der Waals surface area contributed by atoms with Crippen molar-refractivity contribution < 1.29 is 33.3 Å². The Morgan fingerprint density at radius 2 is 1.70 bits per heavy atom. The number of benzene rings is 1. The van der Waals surface area contributed by atoms with Crippen LogP contribution in [0.25, 0.3) is 0 Å². The Bertz CT molecular complexity index is 787. The van der Waals surface area contributed by atoms with E-state index in [0.717, 1.165) is 12.1 Å². The van der Waals surface area contributed by atoms with E-state index in [2.05, 4.69) is 15.6 Å². The molecule has 1 amide bonds. The van der Waals surface area contributed by atoms with E-state index in [4.69, 9.17) is 0 Å². The highest BCUT2D eigenvalue weighted by molar-refractivity contribution is 5.99. The molecular formula is C17H18F3N3O4. The van der Waals surface area contributed by atoms with Crippen LogP contribution in [0, 0.1) is 0 Å². The number of nitrogens with zero attached hydrogens (tertiary/aromatic N) is 1. The van der Waals surface area contributed by atoms with E-state index in [9.17, 15) is 33.3 Å². The normalized spacial score (nSPS) is 11.9. The molecule has 0 atom stereocenters. The van der Waals surface area contributed by atoms with Crippen molar-refractivity contribution in [2.45, 2.75) is 11.7 Å². The van der Waals surface area contributed by atoms with Crippen molar-refractivity contribution in [1.82, 2.24) is 10.3 Å². The predicted molar refractivity (Wildman–Crippen MR) is 90.4 cm³/mol. The summed E-state index contributed by atoms with van der Waals surface area (Å²) >= 11 is 0. The number of halogens is 3. The molecule has 0 aliphatic carbocycles. The third-order valence-corrected chi connectivity index (χ3v) is 3.79. The lowest BCUT2D eigenvalue weighted by atomic mass is 10.0. The molecule has 1 heterocycles. The summed E-state index contributed by atoms with van der Waals surface area (Å²) in [6, 6.07) is 7.16. The number of carbonyl (C=O) groups is 1. The van der Waals surface area contributed by atoms with Crippen molar-refractivity contribution in [2.24, 2.45) is 0 Å². The number of hydrogen-bond donors (Lipinski definition) is 5. The van der Waals surface area contributed by atoms with Gasteiger partial charge in [-0.25, -0.2) is 4.98 Å². The van der Waals surface area contributed by atoms with Crippen molar-refractivity contribution in [1.29, 1.82) is 0 Å². The molecule has 0 spiro atoms. The second kappa shape index (κ2) is 8.33. The number of hydrogen-bond acceptors (Lipinski definition) is 6. The van der Waals surface area contributed by atoms with E-state index in [0.29, 0.717) is 0 Å². The molecule has 2 rings (SSSR count). The van der Waals surface area contributed by atoms with Crippen LogP contribution in [0.1, 0.15) is 15.9 Å². The molecule has 0 saturated carbocycles. The maximum Gasteiger partial charge on any atom is 0.416 e. The molecule has 0 aliphatic heterocycles. The number of rotatable bonds is 7. The number of anilines is 2. The molecule has 1 aromatic carbocycles. The van der Waals surface area contributed by atoms with E-state index in [1.54, 1.807) is 0 Å². The van der Waals surface area contributed by atoms with Crippen molar-refractivity contribution in [3.8, 4) is 0 Å². The molecule has 0 saturated heterocycles. The average molecular weight is 385 g/mol. The van der Waals surface area contributed by atoms with Crippen LogP contribution in [0.2, 0.25) is 0 Å². The SMILES string of the molecule is O=C(NC(CO)(CO)CO)c1cccnc1Nc1cccc(C(F)(F)F)c1. The van der Waals surface area contributed by atoms with Crippen LogP contribution >= 0.6 is 0 Å². The lowest BCUT2D eigenvalue weighted by Crippen LogP contribution is -2.57. The van der Waals surface area contributed by atoms with Crippen LogP contribution in [0.5, 0.6) is 0 Å². The first kappa shape index (κ1) is 20.6. The Morgan fingerprint density at radius 1 is 1.04 bits per heavy atom. The van der Waals surface area contributed by atoms with Gasteiger partial charge in [0, 0.05) is 11.9 Å². The number of carbonyl (C=O) groups excluding carboxylic acids is 1. The summed E-state index contributed by atoms with van der Waals surface area (Å²) in [5.74, 6) is -0.813. The summed E-state index contributed by atoms with van der Waals surface area (Å²) in [7, 11) is 0. The van der Waals surface area contributed by atoms with E-state index in [1.807, 2.05) is 0 Å². The largest absolute Gasteiger partial charge is 0.416 e. The van der Waals surface area contributed by atoms with Gasteiger partial charge < -0.3 is 26.0 Å². The number of aliphatic hydroxyl groups excluding tert-OH is 3. The zero-order valence-corrected chi connectivity index (χ0v) is 14.0. The lowest BCUT2D eigenvalue weighted by Gasteiger charge is -2.28. The third kappa shape index (κ3) is 4.94. The standard InChI is InChI=1S/C17H18F3N3O4/c18-17(19,20)11-3-1-4-12(7-11)22-14-13(5-2-6-21-14)15(27)23-16(8-24,9-25)10-26/h1-7,24-26H,8-10H2,(H,21,22)(H,23,27). The first-order valence-electron chi connectivity index (χ1n) is 7.79. The highest BCUT2D eigenvalue weighted by Gasteiger charge is 2.32. The number of alkyl halides is 3. The van der Waals surface area contributed by atoms with Crippen molar-refractivity contribution in [2.75, 3.05) is 25.1 Å². The molecule has 0 fully saturated rings. The van der Waals surface area contributed by atoms with Gasteiger partial charge in [-0.3, -0.25) is 4.79 Å². The Hall–Kier alpha value is -2.69. The van der Waals surface area contributed by atoms with Gasteiger partial charge in [0.2, 0.25) is 0 Å². The van der Waals surface area contributed by atoms with E-state index < -0.39 is 43.0 Å². The topological polar surface area (TPSA) is 115 Å². The van der Waals surface area contributed by atoms with Crippen LogP contribution < -0.4 is 10.6 Å². The van der Waals surface area contributed by atoms with Gasteiger partial charge >= 0.3 is 6.18 Å². The van der Waals surface area contributed by atoms with E-state index >= 15 is 0 Å². The monoisotopic (exact) mass is 385 g/mol. The fourth-order valence-electron chi connectivity index (χ4n) is 2.17. The minimum absolute atomic E-state index is 0.0305. The zero-order chi connectivity index (χ0) is 20.1. The molecule has 146 valence electrons.